The number of nitrogens with zero attached hydrogens (tertiary/aromatic N) is 5. The molecule has 2 aromatic carbocycles. The molecular formula is C31H37FN6O5. The summed E-state index contributed by atoms with van der Waals surface area (Å²) in [6.45, 7) is 2.81. The van der Waals surface area contributed by atoms with Gasteiger partial charge in [-0.05, 0) is 42.7 Å². The lowest BCUT2D eigenvalue weighted by Crippen LogP contribution is -2.61. The van der Waals surface area contributed by atoms with E-state index >= 15 is 0 Å². The van der Waals surface area contributed by atoms with Gasteiger partial charge in [0.2, 0.25) is 5.91 Å². The third-order valence-corrected chi connectivity index (χ3v) is 8.41. The van der Waals surface area contributed by atoms with Gasteiger partial charge in [0.1, 0.15) is 23.3 Å². The first-order chi connectivity index (χ1) is 21.0. The molecule has 2 fully saturated rings. The summed E-state index contributed by atoms with van der Waals surface area (Å²) in [6, 6.07) is 12.7. The Labute approximate surface area is 249 Å². The summed E-state index contributed by atoms with van der Waals surface area (Å²) in [7, 11) is 1.61. The third kappa shape index (κ3) is 6.71. The van der Waals surface area contributed by atoms with Crippen LogP contribution in [0.5, 0.6) is 5.75 Å². The van der Waals surface area contributed by atoms with Crippen molar-refractivity contribution in [3.8, 4) is 5.75 Å². The third-order valence-electron chi connectivity index (χ3n) is 8.41. The Morgan fingerprint density at radius 1 is 1.07 bits per heavy atom. The molecule has 2 amide bonds. The highest BCUT2D eigenvalue weighted by Crippen LogP contribution is 2.31. The molecule has 1 N–H and O–H groups in total. The van der Waals surface area contributed by atoms with E-state index in [1.165, 1.54) is 12.1 Å². The van der Waals surface area contributed by atoms with Crippen molar-refractivity contribution < 1.29 is 28.2 Å². The summed E-state index contributed by atoms with van der Waals surface area (Å²) in [5.74, 6) is -0.291. The van der Waals surface area contributed by atoms with Gasteiger partial charge in [-0.1, -0.05) is 29.5 Å². The molecule has 0 unspecified atom stereocenters. The summed E-state index contributed by atoms with van der Waals surface area (Å²) >= 11 is 0. The van der Waals surface area contributed by atoms with E-state index in [-0.39, 0.29) is 42.4 Å². The Morgan fingerprint density at radius 3 is 2.74 bits per heavy atom. The zero-order valence-corrected chi connectivity index (χ0v) is 24.2. The minimum Gasteiger partial charge on any atom is -0.493 e. The van der Waals surface area contributed by atoms with Crippen LogP contribution in [0.15, 0.2) is 54.7 Å². The Kier molecular flexibility index (Phi) is 8.96. The Hall–Kier alpha value is -3.87. The van der Waals surface area contributed by atoms with E-state index in [0.29, 0.717) is 57.1 Å². The van der Waals surface area contributed by atoms with Crippen LogP contribution in [0.3, 0.4) is 0 Å². The second-order valence-electron chi connectivity index (χ2n) is 11.3. The van der Waals surface area contributed by atoms with Crippen molar-refractivity contribution >= 4 is 11.8 Å². The topological polar surface area (TPSA) is 111 Å². The zero-order chi connectivity index (χ0) is 29.8. The van der Waals surface area contributed by atoms with E-state index in [1.54, 1.807) is 47.0 Å². The van der Waals surface area contributed by atoms with Crippen molar-refractivity contribution in [2.45, 2.75) is 56.7 Å². The minimum atomic E-state index is -0.741. The van der Waals surface area contributed by atoms with Crippen molar-refractivity contribution in [3.63, 3.8) is 0 Å². The quantitative estimate of drug-likeness (QED) is 0.482. The molecule has 3 aliphatic rings. The number of ether oxygens (including phenoxy) is 3. The maximum atomic E-state index is 13.9. The van der Waals surface area contributed by atoms with Crippen LogP contribution in [0, 0.1) is 5.82 Å². The number of piperazine rings is 1. The van der Waals surface area contributed by atoms with Crippen molar-refractivity contribution in [2.24, 2.45) is 0 Å². The second kappa shape index (κ2) is 13.2. The fraction of sp³-hybridized carbons (Fsp3) is 0.484. The average Bonchev–Trinajstić information content (AvgIpc) is 3.49. The lowest BCUT2D eigenvalue weighted by atomic mass is 9.96. The van der Waals surface area contributed by atoms with Gasteiger partial charge in [0, 0.05) is 46.3 Å². The number of fused-ring (bicyclic) bond motifs is 4. The van der Waals surface area contributed by atoms with Gasteiger partial charge in [0.25, 0.3) is 5.91 Å². The molecule has 3 aliphatic heterocycles. The number of hydrogen-bond acceptors (Lipinski definition) is 8. The highest BCUT2D eigenvalue weighted by Gasteiger charge is 2.39. The number of carbonyl (C=O) groups is 2. The number of nitrogens with one attached hydrogen (secondary N) is 1. The van der Waals surface area contributed by atoms with Gasteiger partial charge in [0.05, 0.1) is 43.2 Å². The van der Waals surface area contributed by atoms with Crippen LogP contribution in [0.25, 0.3) is 0 Å². The standard InChI is InChI=1S/C31H37FN6O5/c1-41-20-23-18-38(35-34-23)26-11-10-24-12-15-42-28-5-3-2-4-25(28)31(40)37-14-13-36(17-21-6-8-22(32)9-7-21)19-27(37)30(39)33-16-29(26)43-24/h2-9,18,24,26-27,29H,10-17,19-20H2,1H3,(H,33,39)/t24-,26+,27-,29+/m0/s1. The second-order valence-corrected chi connectivity index (χ2v) is 11.3. The lowest BCUT2D eigenvalue weighted by molar-refractivity contribution is -0.130. The smallest absolute Gasteiger partial charge is 0.258 e. The molecule has 6 rings (SSSR count). The number of benzene rings is 2. The Balaban J connectivity index is 1.26. The molecule has 0 saturated carbocycles. The van der Waals surface area contributed by atoms with E-state index in [9.17, 15) is 14.0 Å². The summed E-state index contributed by atoms with van der Waals surface area (Å²) in [5, 5.41) is 11.6. The lowest BCUT2D eigenvalue weighted by Gasteiger charge is -2.41. The Bertz CT molecular complexity index is 1420. The van der Waals surface area contributed by atoms with Gasteiger partial charge in [-0.25, -0.2) is 9.07 Å². The molecular weight excluding hydrogens is 555 g/mol. The molecule has 2 bridgehead atoms. The molecule has 0 aliphatic carbocycles. The number of hydrogen-bond donors (Lipinski definition) is 1. The average molecular weight is 593 g/mol. The number of halogens is 1. The molecule has 4 atom stereocenters. The van der Waals surface area contributed by atoms with E-state index < -0.39 is 6.04 Å². The molecule has 1 aromatic heterocycles. The zero-order valence-electron chi connectivity index (χ0n) is 24.2. The molecule has 2 saturated heterocycles. The fourth-order valence-corrected chi connectivity index (χ4v) is 6.18. The first kappa shape index (κ1) is 29.2. The number of carbonyl (C=O) groups excluding carboxylic acids is 2. The van der Waals surface area contributed by atoms with Gasteiger partial charge in [-0.2, -0.15) is 0 Å². The van der Waals surface area contributed by atoms with Crippen LogP contribution in [0.4, 0.5) is 4.39 Å². The van der Waals surface area contributed by atoms with Gasteiger partial charge < -0.3 is 24.4 Å². The van der Waals surface area contributed by atoms with Gasteiger partial charge in [0.15, 0.2) is 0 Å². The molecule has 3 aromatic rings. The maximum absolute atomic E-state index is 13.9. The fourth-order valence-electron chi connectivity index (χ4n) is 6.18. The van der Waals surface area contributed by atoms with Crippen LogP contribution >= 0.6 is 0 Å². The predicted octanol–water partition coefficient (Wildman–Crippen LogP) is 2.58. The molecule has 43 heavy (non-hydrogen) atoms. The van der Waals surface area contributed by atoms with E-state index in [0.717, 1.165) is 24.1 Å². The van der Waals surface area contributed by atoms with Crippen molar-refractivity contribution in [1.29, 1.82) is 0 Å². The first-order valence-corrected chi connectivity index (χ1v) is 14.8. The minimum absolute atomic E-state index is 0.0664. The normalized spacial score (nSPS) is 25.2. The SMILES string of the molecule is COCc1cn([C@@H]2CC[C@H]3CCOc4ccccc4C(=O)N4CCN(Cc5ccc(F)cc5)C[C@H]4C(=O)NC[C@H]2O3)nn1. The van der Waals surface area contributed by atoms with Crippen molar-refractivity contribution in [3.05, 3.63) is 77.4 Å². The van der Waals surface area contributed by atoms with Gasteiger partial charge >= 0.3 is 0 Å². The Morgan fingerprint density at radius 2 is 1.91 bits per heavy atom. The van der Waals surface area contributed by atoms with E-state index in [1.807, 2.05) is 12.3 Å². The number of para-hydroxylation sites is 1. The highest BCUT2D eigenvalue weighted by molar-refractivity contribution is 6.00. The molecule has 0 radical (unpaired) electrons. The van der Waals surface area contributed by atoms with E-state index in [2.05, 4.69) is 20.5 Å². The van der Waals surface area contributed by atoms with Crippen molar-refractivity contribution in [1.82, 2.24) is 30.1 Å². The summed E-state index contributed by atoms with van der Waals surface area (Å²) in [4.78, 5) is 31.6. The number of methoxy groups -OCH3 is 1. The number of aromatic nitrogens is 3. The summed E-state index contributed by atoms with van der Waals surface area (Å²) in [5.41, 5.74) is 2.09. The van der Waals surface area contributed by atoms with Crippen molar-refractivity contribution in [2.75, 3.05) is 39.9 Å². The number of rotatable bonds is 5. The summed E-state index contributed by atoms with van der Waals surface area (Å²) in [6.07, 6.45) is 3.70. The van der Waals surface area contributed by atoms with Gasteiger partial charge in [-0.15, -0.1) is 5.10 Å². The van der Waals surface area contributed by atoms with E-state index in [4.69, 9.17) is 14.2 Å². The molecule has 12 heteroatoms. The summed E-state index contributed by atoms with van der Waals surface area (Å²) < 4.78 is 33.2. The molecule has 4 heterocycles. The first-order valence-electron chi connectivity index (χ1n) is 14.8. The van der Waals surface area contributed by atoms with Crippen LogP contribution in [0.1, 0.15) is 46.9 Å². The molecule has 228 valence electrons. The van der Waals surface area contributed by atoms with Crippen LogP contribution in [-0.4, -0.2) is 94.8 Å². The molecule has 11 nitrogen and oxygen atoms in total. The van der Waals surface area contributed by atoms with Crippen LogP contribution in [-0.2, 0) is 27.4 Å². The van der Waals surface area contributed by atoms with Gasteiger partial charge in [-0.3, -0.25) is 14.5 Å². The largest absolute Gasteiger partial charge is 0.493 e. The predicted molar refractivity (Wildman–Crippen MR) is 154 cm³/mol. The number of amides is 2. The highest BCUT2D eigenvalue weighted by atomic mass is 19.1. The monoisotopic (exact) mass is 592 g/mol. The van der Waals surface area contributed by atoms with Crippen LogP contribution in [0.2, 0.25) is 0 Å². The molecule has 0 spiro atoms. The van der Waals surface area contributed by atoms with Crippen LogP contribution < -0.4 is 10.1 Å². The maximum Gasteiger partial charge on any atom is 0.258 e.